The first-order chi connectivity index (χ1) is 20.8. The number of halogens is 1. The van der Waals surface area contributed by atoms with Gasteiger partial charge in [-0.1, -0.05) is 24.1 Å². The fourth-order valence-corrected chi connectivity index (χ4v) is 6.38. The van der Waals surface area contributed by atoms with Crippen LogP contribution in [0.2, 0.25) is 0 Å². The molecular weight excluding hydrogens is 594 g/mol. The van der Waals surface area contributed by atoms with E-state index in [0.717, 1.165) is 12.8 Å². The number of fused-ring (bicyclic) bond motifs is 1. The molecule has 44 heavy (non-hydrogen) atoms. The number of alkyl halides is 1. The molecule has 3 aromatic rings. The first-order valence-corrected chi connectivity index (χ1v) is 15.8. The second-order valence-electron chi connectivity index (χ2n) is 11.2. The van der Waals surface area contributed by atoms with E-state index >= 15 is 4.39 Å². The molecule has 3 heterocycles. The molecule has 6 atom stereocenters. The summed E-state index contributed by atoms with van der Waals surface area (Å²) in [5.41, 5.74) is -2.04. The first-order valence-electron chi connectivity index (χ1n) is 14.3. The number of aromatic nitrogens is 4. The van der Waals surface area contributed by atoms with Crippen molar-refractivity contribution in [2.75, 3.05) is 18.6 Å². The minimum absolute atomic E-state index is 0.175. The van der Waals surface area contributed by atoms with E-state index in [9.17, 15) is 14.5 Å². The Bertz CT molecular complexity index is 1600. The quantitative estimate of drug-likeness (QED) is 0.171. The van der Waals surface area contributed by atoms with Crippen molar-refractivity contribution in [1.82, 2.24) is 24.6 Å². The lowest BCUT2D eigenvalue weighted by atomic mass is 9.97. The molecule has 236 valence electrons. The fourth-order valence-electron chi connectivity index (χ4n) is 4.88. The molecule has 0 amide bonds. The van der Waals surface area contributed by atoms with Crippen LogP contribution in [0.25, 0.3) is 11.2 Å². The summed E-state index contributed by atoms with van der Waals surface area (Å²) in [6.07, 6.45) is 3.72. The Hall–Kier alpha value is -3.60. The summed E-state index contributed by atoms with van der Waals surface area (Å²) < 4.78 is 54.0. The predicted octanol–water partition coefficient (Wildman–Crippen LogP) is 3.47. The van der Waals surface area contributed by atoms with Crippen molar-refractivity contribution in [2.45, 2.75) is 82.8 Å². The monoisotopic (exact) mass is 630 g/mol. The molecular formula is C29H36FN6O7P. The molecule has 15 heteroatoms. The molecule has 1 aliphatic heterocycles. The molecule has 1 saturated heterocycles. The lowest BCUT2D eigenvalue weighted by Crippen LogP contribution is -2.42. The van der Waals surface area contributed by atoms with Crippen LogP contribution in [0, 0.1) is 19.3 Å². The highest BCUT2D eigenvalue weighted by molar-refractivity contribution is 7.52. The average molecular weight is 631 g/mol. The van der Waals surface area contributed by atoms with Crippen LogP contribution >= 0.6 is 7.75 Å². The maximum absolute atomic E-state index is 16.4. The molecule has 13 nitrogen and oxygen atoms in total. The molecule has 2 aromatic heterocycles. The number of aryl methyl sites for hydroxylation is 1. The maximum atomic E-state index is 16.4. The highest BCUT2D eigenvalue weighted by Gasteiger charge is 2.58. The summed E-state index contributed by atoms with van der Waals surface area (Å²) in [5, 5.41) is 13.6. The number of para-hydroxylation sites is 1. The molecule has 0 radical (unpaired) electrons. The van der Waals surface area contributed by atoms with Gasteiger partial charge in [-0.25, -0.2) is 23.9 Å². The van der Waals surface area contributed by atoms with E-state index in [-0.39, 0.29) is 11.4 Å². The molecule has 2 fully saturated rings. The van der Waals surface area contributed by atoms with Gasteiger partial charge in [0, 0.05) is 13.1 Å². The molecule has 1 saturated carbocycles. The van der Waals surface area contributed by atoms with E-state index in [2.05, 4.69) is 20.0 Å². The summed E-state index contributed by atoms with van der Waals surface area (Å²) in [6.45, 7) is 5.87. The zero-order chi connectivity index (χ0) is 31.8. The number of terminal acetylenes is 1. The Morgan fingerprint density at radius 2 is 2.02 bits per heavy atom. The van der Waals surface area contributed by atoms with Crippen LogP contribution in [0.3, 0.4) is 0 Å². The van der Waals surface area contributed by atoms with Gasteiger partial charge in [0.05, 0.1) is 19.0 Å². The number of ether oxygens (including phenoxy) is 2. The lowest BCUT2D eigenvalue weighted by molar-refractivity contribution is -0.149. The molecule has 0 spiro atoms. The van der Waals surface area contributed by atoms with Gasteiger partial charge in [0.2, 0.25) is 5.67 Å². The molecule has 0 bridgehead atoms. The third kappa shape index (κ3) is 6.43. The van der Waals surface area contributed by atoms with Crippen LogP contribution in [0.1, 0.15) is 45.7 Å². The van der Waals surface area contributed by atoms with E-state index in [1.165, 1.54) is 17.8 Å². The molecule has 1 aliphatic carbocycles. The van der Waals surface area contributed by atoms with Gasteiger partial charge in [-0.05, 0) is 52.7 Å². The van der Waals surface area contributed by atoms with Crippen LogP contribution in [-0.4, -0.2) is 80.3 Å². The van der Waals surface area contributed by atoms with E-state index in [0.29, 0.717) is 23.2 Å². The predicted molar refractivity (Wildman–Crippen MR) is 159 cm³/mol. The number of benzene rings is 1. The minimum Gasteiger partial charge on any atom is -0.462 e. The Labute approximate surface area is 254 Å². The number of carbonyl (C=O) groups is 1. The van der Waals surface area contributed by atoms with Gasteiger partial charge in [0.25, 0.3) is 0 Å². The van der Waals surface area contributed by atoms with Gasteiger partial charge in [-0.2, -0.15) is 5.09 Å². The number of aliphatic hydroxyl groups excluding tert-OH is 1. The van der Waals surface area contributed by atoms with Crippen molar-refractivity contribution in [3.8, 4) is 18.1 Å². The highest BCUT2D eigenvalue weighted by Crippen LogP contribution is 2.48. The average Bonchev–Trinajstić information content (AvgIpc) is 3.70. The summed E-state index contributed by atoms with van der Waals surface area (Å²) >= 11 is 0. The second kappa shape index (κ2) is 12.4. The molecule has 2 aliphatic rings. The molecule has 1 aromatic carbocycles. The van der Waals surface area contributed by atoms with Crippen LogP contribution < -0.4 is 14.5 Å². The zero-order valence-corrected chi connectivity index (χ0v) is 26.0. The normalized spacial score (nSPS) is 25.4. The Morgan fingerprint density at radius 1 is 1.32 bits per heavy atom. The number of anilines is 1. The van der Waals surface area contributed by atoms with Crippen molar-refractivity contribution in [3.63, 3.8) is 0 Å². The fraction of sp³-hybridized carbons (Fsp3) is 0.517. The number of nitrogens with zero attached hydrogens (tertiary/aromatic N) is 5. The molecule has 5 rings (SSSR count). The second-order valence-corrected chi connectivity index (χ2v) is 12.9. The number of rotatable bonds is 12. The van der Waals surface area contributed by atoms with Crippen LogP contribution in [-0.2, 0) is 23.4 Å². The lowest BCUT2D eigenvalue weighted by Gasteiger charge is -2.25. The maximum Gasteiger partial charge on any atom is 0.459 e. The largest absolute Gasteiger partial charge is 0.462 e. The molecule has 0 unspecified atom stereocenters. The van der Waals surface area contributed by atoms with Crippen molar-refractivity contribution < 1.29 is 37.4 Å². The number of hydrogen-bond acceptors (Lipinski definition) is 11. The van der Waals surface area contributed by atoms with Gasteiger partial charge < -0.3 is 24.0 Å². The van der Waals surface area contributed by atoms with Gasteiger partial charge in [-0.3, -0.25) is 13.9 Å². The van der Waals surface area contributed by atoms with Crippen LogP contribution in [0.5, 0.6) is 5.75 Å². The highest BCUT2D eigenvalue weighted by atomic mass is 31.2. The minimum atomic E-state index is -4.33. The summed E-state index contributed by atoms with van der Waals surface area (Å²) in [7, 11) is -2.42. The van der Waals surface area contributed by atoms with Gasteiger partial charge in [-0.15, -0.1) is 6.42 Å². The van der Waals surface area contributed by atoms with Crippen molar-refractivity contribution >= 4 is 30.7 Å². The number of aliphatic hydroxyl groups is 1. The summed E-state index contributed by atoms with van der Waals surface area (Å²) in [5.74, 6) is 2.53. The third-order valence-electron chi connectivity index (χ3n) is 7.30. The number of nitrogens with one attached hydrogen (secondary N) is 1. The van der Waals surface area contributed by atoms with Crippen molar-refractivity contribution in [3.05, 3.63) is 42.5 Å². The number of imidazole rings is 1. The topological polar surface area (TPSA) is 150 Å². The van der Waals surface area contributed by atoms with Gasteiger partial charge >= 0.3 is 13.7 Å². The number of esters is 1. The Balaban J connectivity index is 1.40. The zero-order valence-electron chi connectivity index (χ0n) is 25.1. The van der Waals surface area contributed by atoms with E-state index in [1.54, 1.807) is 51.1 Å². The van der Waals surface area contributed by atoms with Gasteiger partial charge in [0.15, 0.2) is 23.2 Å². The SMILES string of the molecule is C#C[C@@]1(F)[C@H](O)[C@@H](CO[P@](=O)(N[C@H](C)C(=O)OC(C)C)Oc2ccccc2)O[C@H]1n1cnc2c(N(C)C3CC3)nc(C)nc21. The molecule has 2 N–H and O–H groups in total. The number of carbonyl (C=O) groups excluding carboxylic acids is 1. The summed E-state index contributed by atoms with van der Waals surface area (Å²) in [6, 6.07) is 7.35. The van der Waals surface area contributed by atoms with Crippen LogP contribution in [0.4, 0.5) is 10.2 Å². The Morgan fingerprint density at radius 3 is 2.66 bits per heavy atom. The third-order valence-corrected chi connectivity index (χ3v) is 8.94. The standard InChI is InChI=1S/C29H36FN6O7P/c1-7-29(30)24(37)22(15-40-44(39,43-21-11-9-8-10-12-21)34-18(4)27(38)41-17(2)3)42-28(29)36-16-31-23-25(35(6)20-13-14-20)32-19(5)33-26(23)36/h1,8-12,16-18,20,22,24,28,37H,13-15H2,2-6H3,(H,34,39)/t18-,22-,24-,28-,29-,44-/m1/s1. The van der Waals surface area contributed by atoms with E-state index in [1.807, 2.05) is 17.9 Å². The smallest absolute Gasteiger partial charge is 0.459 e. The van der Waals surface area contributed by atoms with E-state index < -0.39 is 56.6 Å². The van der Waals surface area contributed by atoms with Crippen molar-refractivity contribution in [1.29, 1.82) is 0 Å². The summed E-state index contributed by atoms with van der Waals surface area (Å²) in [4.78, 5) is 27.9. The van der Waals surface area contributed by atoms with Crippen molar-refractivity contribution in [2.24, 2.45) is 0 Å². The Kier molecular flexibility index (Phi) is 8.98. The first kappa shape index (κ1) is 31.8. The van der Waals surface area contributed by atoms with E-state index in [4.69, 9.17) is 24.9 Å². The number of hydrogen-bond donors (Lipinski definition) is 2. The van der Waals surface area contributed by atoms with Crippen LogP contribution in [0.15, 0.2) is 36.7 Å². The van der Waals surface area contributed by atoms with Gasteiger partial charge in [0.1, 0.15) is 29.8 Å².